The zero-order chi connectivity index (χ0) is 12.8. The van der Waals surface area contributed by atoms with Crippen molar-refractivity contribution in [1.82, 2.24) is 10.2 Å². The molecule has 0 aromatic heterocycles. The van der Waals surface area contributed by atoms with Crippen molar-refractivity contribution < 1.29 is 9.53 Å². The van der Waals surface area contributed by atoms with Crippen LogP contribution in [-0.4, -0.2) is 49.2 Å². The van der Waals surface area contributed by atoms with E-state index in [9.17, 15) is 4.79 Å². The summed E-state index contributed by atoms with van der Waals surface area (Å²) in [4.78, 5) is 14.3. The minimum atomic E-state index is 0.0585. The SMILES string of the molecule is CCCNC1CCCN(CCC2CCCO2)C1=O. The fourth-order valence-electron chi connectivity index (χ4n) is 2.84. The normalized spacial score (nSPS) is 28.9. The van der Waals surface area contributed by atoms with Gasteiger partial charge in [0, 0.05) is 19.7 Å². The maximum atomic E-state index is 12.3. The summed E-state index contributed by atoms with van der Waals surface area (Å²) in [5.41, 5.74) is 0. The predicted molar refractivity (Wildman–Crippen MR) is 71.5 cm³/mol. The molecule has 2 atom stereocenters. The molecule has 0 aliphatic carbocycles. The summed E-state index contributed by atoms with van der Waals surface area (Å²) in [7, 11) is 0. The molecule has 2 aliphatic rings. The van der Waals surface area contributed by atoms with Crippen LogP contribution in [0.5, 0.6) is 0 Å². The smallest absolute Gasteiger partial charge is 0.239 e. The van der Waals surface area contributed by atoms with Gasteiger partial charge in [-0.15, -0.1) is 0 Å². The largest absolute Gasteiger partial charge is 0.378 e. The molecule has 0 saturated carbocycles. The van der Waals surface area contributed by atoms with Crippen molar-refractivity contribution in [3.05, 3.63) is 0 Å². The molecule has 1 N–H and O–H groups in total. The van der Waals surface area contributed by atoms with E-state index >= 15 is 0 Å². The van der Waals surface area contributed by atoms with Crippen molar-refractivity contribution in [1.29, 1.82) is 0 Å². The van der Waals surface area contributed by atoms with E-state index in [-0.39, 0.29) is 6.04 Å². The van der Waals surface area contributed by atoms with E-state index in [1.165, 1.54) is 12.8 Å². The van der Waals surface area contributed by atoms with Crippen LogP contribution in [0.1, 0.15) is 45.4 Å². The molecule has 2 rings (SSSR count). The van der Waals surface area contributed by atoms with E-state index in [0.29, 0.717) is 12.0 Å². The molecule has 0 bridgehead atoms. The maximum Gasteiger partial charge on any atom is 0.239 e. The second kappa shape index (κ2) is 7.10. The van der Waals surface area contributed by atoms with Gasteiger partial charge in [0.2, 0.25) is 5.91 Å². The fourth-order valence-corrected chi connectivity index (χ4v) is 2.84. The van der Waals surface area contributed by atoms with Gasteiger partial charge in [0.15, 0.2) is 0 Å². The van der Waals surface area contributed by atoms with Gasteiger partial charge in [0.05, 0.1) is 12.1 Å². The fraction of sp³-hybridized carbons (Fsp3) is 0.929. The molecule has 4 nitrogen and oxygen atoms in total. The van der Waals surface area contributed by atoms with Crippen LogP contribution >= 0.6 is 0 Å². The Balaban J connectivity index is 1.74. The zero-order valence-corrected chi connectivity index (χ0v) is 11.5. The first-order valence-electron chi connectivity index (χ1n) is 7.45. The van der Waals surface area contributed by atoms with Crippen molar-refractivity contribution >= 4 is 5.91 Å². The second-order valence-electron chi connectivity index (χ2n) is 5.40. The molecule has 0 radical (unpaired) electrons. The van der Waals surface area contributed by atoms with Crippen molar-refractivity contribution in [2.24, 2.45) is 0 Å². The van der Waals surface area contributed by atoms with Gasteiger partial charge in [-0.1, -0.05) is 6.92 Å². The molecular weight excluding hydrogens is 228 g/mol. The van der Waals surface area contributed by atoms with E-state index in [1.54, 1.807) is 0 Å². The summed E-state index contributed by atoms with van der Waals surface area (Å²) >= 11 is 0. The zero-order valence-electron chi connectivity index (χ0n) is 11.5. The quantitative estimate of drug-likeness (QED) is 0.782. The Morgan fingerprint density at radius 3 is 3.00 bits per heavy atom. The first-order chi connectivity index (χ1) is 8.81. The van der Waals surface area contributed by atoms with Gasteiger partial charge in [-0.05, 0) is 45.1 Å². The Morgan fingerprint density at radius 2 is 2.28 bits per heavy atom. The number of nitrogens with zero attached hydrogens (tertiary/aromatic N) is 1. The lowest BCUT2D eigenvalue weighted by Crippen LogP contribution is -2.51. The Labute approximate surface area is 110 Å². The van der Waals surface area contributed by atoms with Gasteiger partial charge in [0.1, 0.15) is 0 Å². The summed E-state index contributed by atoms with van der Waals surface area (Å²) in [6, 6.07) is 0.0585. The number of ether oxygens (including phenoxy) is 1. The number of likely N-dealkylation sites (tertiary alicyclic amines) is 1. The molecule has 4 heteroatoms. The summed E-state index contributed by atoms with van der Waals surface area (Å²) in [6.07, 6.45) is 6.94. The molecule has 0 aromatic rings. The molecule has 2 fully saturated rings. The molecule has 1 amide bonds. The minimum absolute atomic E-state index is 0.0585. The number of nitrogens with one attached hydrogen (secondary N) is 1. The first-order valence-corrected chi connectivity index (χ1v) is 7.45. The number of piperidine rings is 1. The highest BCUT2D eigenvalue weighted by atomic mass is 16.5. The lowest BCUT2D eigenvalue weighted by molar-refractivity contribution is -0.136. The van der Waals surface area contributed by atoms with Gasteiger partial charge in [-0.3, -0.25) is 4.79 Å². The van der Waals surface area contributed by atoms with E-state index in [4.69, 9.17) is 4.74 Å². The van der Waals surface area contributed by atoms with E-state index in [0.717, 1.165) is 51.9 Å². The Morgan fingerprint density at radius 1 is 1.39 bits per heavy atom. The number of hydrogen-bond acceptors (Lipinski definition) is 3. The Kier molecular flexibility index (Phi) is 5.45. The van der Waals surface area contributed by atoms with E-state index in [1.807, 2.05) is 4.90 Å². The van der Waals surface area contributed by atoms with Gasteiger partial charge >= 0.3 is 0 Å². The number of carbonyl (C=O) groups excluding carboxylic acids is 1. The highest BCUT2D eigenvalue weighted by Crippen LogP contribution is 2.18. The second-order valence-corrected chi connectivity index (χ2v) is 5.40. The van der Waals surface area contributed by atoms with E-state index < -0.39 is 0 Å². The van der Waals surface area contributed by atoms with Gasteiger partial charge < -0.3 is 15.0 Å². The average molecular weight is 254 g/mol. The third-order valence-corrected chi connectivity index (χ3v) is 3.92. The Bertz CT molecular complexity index is 265. The van der Waals surface area contributed by atoms with Gasteiger partial charge in [-0.25, -0.2) is 0 Å². The molecule has 18 heavy (non-hydrogen) atoms. The highest BCUT2D eigenvalue weighted by molar-refractivity contribution is 5.82. The highest BCUT2D eigenvalue weighted by Gasteiger charge is 2.28. The molecule has 0 aromatic carbocycles. The maximum absolute atomic E-state index is 12.3. The molecule has 2 saturated heterocycles. The van der Waals surface area contributed by atoms with Crippen LogP contribution in [-0.2, 0) is 9.53 Å². The monoisotopic (exact) mass is 254 g/mol. The van der Waals surface area contributed by atoms with Crippen LogP contribution in [0, 0.1) is 0 Å². The summed E-state index contributed by atoms with van der Waals surface area (Å²) in [5, 5.41) is 3.36. The van der Waals surface area contributed by atoms with Crippen molar-refractivity contribution in [2.75, 3.05) is 26.2 Å². The minimum Gasteiger partial charge on any atom is -0.378 e. The standard InChI is InChI=1S/C14H26N2O2/c1-2-8-15-13-6-3-9-16(14(13)17)10-7-12-5-4-11-18-12/h12-13,15H,2-11H2,1H3. The van der Waals surface area contributed by atoms with Crippen molar-refractivity contribution in [2.45, 2.75) is 57.6 Å². The molecule has 2 heterocycles. The van der Waals surface area contributed by atoms with E-state index in [2.05, 4.69) is 12.2 Å². The van der Waals surface area contributed by atoms with Crippen LogP contribution in [0.3, 0.4) is 0 Å². The number of amides is 1. The van der Waals surface area contributed by atoms with Crippen LogP contribution in [0.15, 0.2) is 0 Å². The molecule has 0 spiro atoms. The number of hydrogen-bond donors (Lipinski definition) is 1. The lowest BCUT2D eigenvalue weighted by atomic mass is 10.0. The third-order valence-electron chi connectivity index (χ3n) is 3.92. The molecule has 2 aliphatic heterocycles. The molecule has 2 unspecified atom stereocenters. The summed E-state index contributed by atoms with van der Waals surface area (Å²) in [5.74, 6) is 0.299. The summed E-state index contributed by atoms with van der Waals surface area (Å²) < 4.78 is 5.62. The van der Waals surface area contributed by atoms with Crippen molar-refractivity contribution in [3.63, 3.8) is 0 Å². The van der Waals surface area contributed by atoms with Crippen molar-refractivity contribution in [3.8, 4) is 0 Å². The van der Waals surface area contributed by atoms with Crippen LogP contribution in [0.25, 0.3) is 0 Å². The molecule has 104 valence electrons. The van der Waals surface area contributed by atoms with Gasteiger partial charge in [-0.2, -0.15) is 0 Å². The van der Waals surface area contributed by atoms with Gasteiger partial charge in [0.25, 0.3) is 0 Å². The average Bonchev–Trinajstić information content (AvgIpc) is 2.89. The number of rotatable bonds is 6. The molecular formula is C14H26N2O2. The van der Waals surface area contributed by atoms with Crippen LogP contribution < -0.4 is 5.32 Å². The van der Waals surface area contributed by atoms with Crippen LogP contribution in [0.4, 0.5) is 0 Å². The topological polar surface area (TPSA) is 41.6 Å². The van der Waals surface area contributed by atoms with Crippen LogP contribution in [0.2, 0.25) is 0 Å². The first kappa shape index (κ1) is 13.8. The lowest BCUT2D eigenvalue weighted by Gasteiger charge is -2.33. The summed E-state index contributed by atoms with van der Waals surface area (Å²) in [6.45, 7) is 5.77. The predicted octanol–water partition coefficient (Wildman–Crippen LogP) is 1.55. The third kappa shape index (κ3) is 3.69. The Hall–Kier alpha value is -0.610. The number of carbonyl (C=O) groups is 1.